The van der Waals surface area contributed by atoms with E-state index < -0.39 is 6.17 Å². The second-order valence-electron chi connectivity index (χ2n) is 7.47. The average molecular weight is 411 g/mol. The normalized spacial score (nSPS) is 15.0. The molecular formula is C23H26FN3O3. The van der Waals surface area contributed by atoms with Crippen molar-refractivity contribution in [3.05, 3.63) is 53.9 Å². The lowest BCUT2D eigenvalue weighted by Gasteiger charge is -2.28. The van der Waals surface area contributed by atoms with Gasteiger partial charge in [0.1, 0.15) is 17.7 Å². The summed E-state index contributed by atoms with van der Waals surface area (Å²) in [6.45, 7) is 1.46. The van der Waals surface area contributed by atoms with Gasteiger partial charge in [0.2, 0.25) is 0 Å². The first kappa shape index (κ1) is 20.3. The molecule has 30 heavy (non-hydrogen) atoms. The van der Waals surface area contributed by atoms with Crippen molar-refractivity contribution in [1.82, 2.24) is 14.5 Å². The standard InChI is InChI=1S/C23H26FN3O3/c1-29-14-11-22-25-20-15-16(23(28)26-12-9-17(24)10-13-26)3-8-21(20)27(22)18-4-6-19(30-2)7-5-18/h3-8,15,17H,9-14H2,1-2H3. The number of hydrogen-bond acceptors (Lipinski definition) is 4. The minimum absolute atomic E-state index is 0.0683. The molecular weight excluding hydrogens is 385 g/mol. The van der Waals surface area contributed by atoms with Crippen molar-refractivity contribution < 1.29 is 18.7 Å². The van der Waals surface area contributed by atoms with Gasteiger partial charge in [-0.15, -0.1) is 0 Å². The summed E-state index contributed by atoms with van der Waals surface area (Å²) >= 11 is 0. The molecule has 0 spiro atoms. The van der Waals surface area contributed by atoms with Crippen LogP contribution in [0.5, 0.6) is 5.75 Å². The van der Waals surface area contributed by atoms with Crippen LogP contribution in [0.25, 0.3) is 16.7 Å². The van der Waals surface area contributed by atoms with Crippen LogP contribution in [0.3, 0.4) is 0 Å². The van der Waals surface area contributed by atoms with Crippen molar-refractivity contribution in [2.45, 2.75) is 25.4 Å². The molecule has 0 unspecified atom stereocenters. The van der Waals surface area contributed by atoms with E-state index in [9.17, 15) is 9.18 Å². The predicted molar refractivity (Wildman–Crippen MR) is 113 cm³/mol. The first-order valence-electron chi connectivity index (χ1n) is 10.2. The molecule has 1 amide bonds. The third-order valence-corrected chi connectivity index (χ3v) is 5.54. The van der Waals surface area contributed by atoms with Gasteiger partial charge < -0.3 is 14.4 Å². The Balaban J connectivity index is 1.70. The van der Waals surface area contributed by atoms with Crippen molar-refractivity contribution in [2.24, 2.45) is 0 Å². The Morgan fingerprint density at radius 2 is 1.87 bits per heavy atom. The molecule has 1 aromatic heterocycles. The van der Waals surface area contributed by atoms with Crippen molar-refractivity contribution in [3.63, 3.8) is 0 Å². The number of hydrogen-bond donors (Lipinski definition) is 0. The molecule has 0 aliphatic carbocycles. The molecule has 4 rings (SSSR count). The second kappa shape index (κ2) is 8.83. The number of carbonyl (C=O) groups excluding carboxylic acids is 1. The Labute approximate surface area is 175 Å². The van der Waals surface area contributed by atoms with Gasteiger partial charge >= 0.3 is 0 Å². The maximum absolute atomic E-state index is 13.4. The quantitative estimate of drug-likeness (QED) is 0.619. The van der Waals surface area contributed by atoms with Gasteiger partial charge in [-0.25, -0.2) is 9.37 Å². The zero-order valence-electron chi connectivity index (χ0n) is 17.3. The van der Waals surface area contributed by atoms with Crippen LogP contribution in [0.15, 0.2) is 42.5 Å². The van der Waals surface area contributed by atoms with E-state index in [-0.39, 0.29) is 5.91 Å². The summed E-state index contributed by atoms with van der Waals surface area (Å²) in [4.78, 5) is 19.4. The summed E-state index contributed by atoms with van der Waals surface area (Å²) < 4.78 is 26.0. The number of aromatic nitrogens is 2. The molecule has 0 radical (unpaired) electrons. The second-order valence-corrected chi connectivity index (χ2v) is 7.47. The lowest BCUT2D eigenvalue weighted by Crippen LogP contribution is -2.39. The molecule has 0 atom stereocenters. The third kappa shape index (κ3) is 4.03. The highest BCUT2D eigenvalue weighted by molar-refractivity contribution is 5.97. The minimum Gasteiger partial charge on any atom is -0.497 e. The average Bonchev–Trinajstić information content (AvgIpc) is 3.15. The number of benzene rings is 2. The predicted octanol–water partition coefficient (Wildman–Crippen LogP) is 3.80. The zero-order chi connectivity index (χ0) is 21.1. The number of fused-ring (bicyclic) bond motifs is 1. The van der Waals surface area contributed by atoms with Crippen LogP contribution in [0.2, 0.25) is 0 Å². The Morgan fingerprint density at radius 3 is 2.53 bits per heavy atom. The molecule has 158 valence electrons. The van der Waals surface area contributed by atoms with Gasteiger partial charge in [0.15, 0.2) is 0 Å². The fourth-order valence-electron chi connectivity index (χ4n) is 3.88. The van der Waals surface area contributed by atoms with Crippen LogP contribution >= 0.6 is 0 Å². The summed E-state index contributed by atoms with van der Waals surface area (Å²) in [6.07, 6.45) is 0.646. The largest absolute Gasteiger partial charge is 0.497 e. The number of likely N-dealkylation sites (tertiary alicyclic amines) is 1. The number of ether oxygens (including phenoxy) is 2. The lowest BCUT2D eigenvalue weighted by molar-refractivity contribution is 0.0667. The highest BCUT2D eigenvalue weighted by Crippen LogP contribution is 2.26. The Kier molecular flexibility index (Phi) is 5.99. The van der Waals surface area contributed by atoms with Crippen LogP contribution in [-0.4, -0.2) is 60.4 Å². The third-order valence-electron chi connectivity index (χ3n) is 5.54. The number of alkyl halides is 1. The number of carbonyl (C=O) groups is 1. The molecule has 1 aliphatic rings. The Bertz CT molecular complexity index is 1020. The molecule has 0 saturated carbocycles. The fraction of sp³-hybridized carbons (Fsp3) is 0.391. The zero-order valence-corrected chi connectivity index (χ0v) is 17.3. The summed E-state index contributed by atoms with van der Waals surface area (Å²) in [7, 11) is 3.30. The maximum Gasteiger partial charge on any atom is 0.253 e. The summed E-state index contributed by atoms with van der Waals surface area (Å²) in [6, 6.07) is 13.4. The van der Waals surface area contributed by atoms with E-state index in [4.69, 9.17) is 14.5 Å². The lowest BCUT2D eigenvalue weighted by atomic mass is 10.1. The summed E-state index contributed by atoms with van der Waals surface area (Å²) in [5, 5.41) is 0. The highest BCUT2D eigenvalue weighted by atomic mass is 19.1. The first-order valence-corrected chi connectivity index (χ1v) is 10.2. The van der Waals surface area contributed by atoms with Crippen LogP contribution in [-0.2, 0) is 11.2 Å². The Morgan fingerprint density at radius 1 is 1.13 bits per heavy atom. The maximum atomic E-state index is 13.4. The smallest absolute Gasteiger partial charge is 0.253 e. The number of amides is 1. The molecule has 6 nitrogen and oxygen atoms in total. The highest BCUT2D eigenvalue weighted by Gasteiger charge is 2.24. The van der Waals surface area contributed by atoms with Gasteiger partial charge in [0.25, 0.3) is 5.91 Å². The van der Waals surface area contributed by atoms with Gasteiger partial charge in [-0.3, -0.25) is 9.36 Å². The van der Waals surface area contributed by atoms with E-state index in [1.165, 1.54) is 0 Å². The fourth-order valence-corrected chi connectivity index (χ4v) is 3.88. The minimum atomic E-state index is -0.805. The first-order chi connectivity index (χ1) is 14.6. The van der Waals surface area contributed by atoms with Crippen molar-refractivity contribution in [2.75, 3.05) is 33.9 Å². The van der Waals surface area contributed by atoms with Gasteiger partial charge in [-0.05, 0) is 55.3 Å². The monoisotopic (exact) mass is 411 g/mol. The summed E-state index contributed by atoms with van der Waals surface area (Å²) in [5.41, 5.74) is 3.22. The van der Waals surface area contributed by atoms with E-state index in [0.29, 0.717) is 44.5 Å². The number of rotatable bonds is 6. The topological polar surface area (TPSA) is 56.6 Å². The van der Waals surface area contributed by atoms with E-state index in [1.54, 1.807) is 19.1 Å². The van der Waals surface area contributed by atoms with E-state index in [2.05, 4.69) is 4.57 Å². The van der Waals surface area contributed by atoms with E-state index in [0.717, 1.165) is 28.3 Å². The molecule has 1 saturated heterocycles. The molecule has 7 heteroatoms. The van der Waals surface area contributed by atoms with E-state index in [1.807, 2.05) is 42.5 Å². The van der Waals surface area contributed by atoms with Gasteiger partial charge in [-0.2, -0.15) is 0 Å². The van der Waals surface area contributed by atoms with Crippen LogP contribution < -0.4 is 4.74 Å². The van der Waals surface area contributed by atoms with Crippen LogP contribution in [0, 0.1) is 0 Å². The molecule has 2 aromatic carbocycles. The molecule has 1 fully saturated rings. The molecule has 0 bridgehead atoms. The number of imidazole rings is 1. The van der Waals surface area contributed by atoms with Crippen LogP contribution in [0.4, 0.5) is 4.39 Å². The van der Waals surface area contributed by atoms with Gasteiger partial charge in [0, 0.05) is 37.9 Å². The molecule has 2 heterocycles. The Hall–Kier alpha value is -2.93. The number of nitrogens with zero attached hydrogens (tertiary/aromatic N) is 3. The van der Waals surface area contributed by atoms with E-state index >= 15 is 0 Å². The number of methoxy groups -OCH3 is 2. The van der Waals surface area contributed by atoms with Crippen molar-refractivity contribution >= 4 is 16.9 Å². The summed E-state index contributed by atoms with van der Waals surface area (Å²) in [5.74, 6) is 1.58. The van der Waals surface area contributed by atoms with Crippen molar-refractivity contribution in [1.29, 1.82) is 0 Å². The van der Waals surface area contributed by atoms with Gasteiger partial charge in [-0.1, -0.05) is 0 Å². The molecule has 3 aromatic rings. The van der Waals surface area contributed by atoms with Crippen LogP contribution in [0.1, 0.15) is 29.0 Å². The molecule has 0 N–H and O–H groups in total. The van der Waals surface area contributed by atoms with Crippen molar-refractivity contribution in [3.8, 4) is 11.4 Å². The number of piperidine rings is 1. The number of halogens is 1. The SMILES string of the molecule is COCCc1nc2cc(C(=O)N3CCC(F)CC3)ccc2n1-c1ccc(OC)cc1. The molecule has 1 aliphatic heterocycles. The van der Waals surface area contributed by atoms with Gasteiger partial charge in [0.05, 0.1) is 24.8 Å².